The van der Waals surface area contributed by atoms with Crippen LogP contribution in [-0.2, 0) is 4.79 Å². The van der Waals surface area contributed by atoms with Crippen LogP contribution in [0.15, 0.2) is 0 Å². The van der Waals surface area contributed by atoms with E-state index in [0.717, 1.165) is 0 Å². The monoisotopic (exact) mass is 213 g/mol. The highest BCUT2D eigenvalue weighted by molar-refractivity contribution is 5.70. The SMILES string of the molecule is C1CCC[NH2+]CC1.O=C([O-])C(F)(F)F. The molecule has 0 spiro atoms. The van der Waals surface area contributed by atoms with Crippen LogP contribution in [0.4, 0.5) is 13.2 Å². The Hall–Kier alpha value is -0.780. The maximum atomic E-state index is 10.5. The van der Waals surface area contributed by atoms with Crippen molar-refractivity contribution in [2.24, 2.45) is 0 Å². The van der Waals surface area contributed by atoms with Gasteiger partial charge < -0.3 is 15.2 Å². The van der Waals surface area contributed by atoms with Crippen LogP contribution >= 0.6 is 0 Å². The Morgan fingerprint density at radius 1 is 1.07 bits per heavy atom. The molecule has 0 bridgehead atoms. The molecule has 0 amide bonds. The third-order valence-electron chi connectivity index (χ3n) is 1.80. The minimum atomic E-state index is -5.19. The number of carbonyl (C=O) groups excluding carboxylic acids is 1. The molecule has 0 saturated carbocycles. The lowest BCUT2D eigenvalue weighted by atomic mass is 10.2. The van der Waals surface area contributed by atoms with Crippen molar-refractivity contribution in [2.45, 2.75) is 31.9 Å². The Kier molecular flexibility index (Phi) is 6.27. The summed E-state index contributed by atoms with van der Waals surface area (Å²) >= 11 is 0. The van der Waals surface area contributed by atoms with Crippen molar-refractivity contribution in [3.8, 4) is 0 Å². The smallest absolute Gasteiger partial charge is 0.430 e. The fraction of sp³-hybridized carbons (Fsp3) is 0.875. The van der Waals surface area contributed by atoms with Gasteiger partial charge in [0.1, 0.15) is 5.97 Å². The number of halogens is 3. The highest BCUT2D eigenvalue weighted by Crippen LogP contribution is 2.11. The number of alkyl halides is 3. The first-order valence-corrected chi connectivity index (χ1v) is 4.54. The van der Waals surface area contributed by atoms with Gasteiger partial charge in [0, 0.05) is 0 Å². The molecule has 2 N–H and O–H groups in total. The first kappa shape index (κ1) is 13.2. The van der Waals surface area contributed by atoms with Crippen LogP contribution in [0.2, 0.25) is 0 Å². The molecule has 6 heteroatoms. The molecule has 1 rings (SSSR count). The molecule has 0 atom stereocenters. The number of carbonyl (C=O) groups is 1. The second kappa shape index (κ2) is 6.64. The molecular weight excluding hydrogens is 199 g/mol. The lowest BCUT2D eigenvalue weighted by molar-refractivity contribution is -0.653. The van der Waals surface area contributed by atoms with E-state index in [0.29, 0.717) is 0 Å². The summed E-state index contributed by atoms with van der Waals surface area (Å²) in [5, 5.41) is 11.2. The van der Waals surface area contributed by atoms with Gasteiger partial charge in [0.05, 0.1) is 13.1 Å². The van der Waals surface area contributed by atoms with Gasteiger partial charge in [-0.1, -0.05) is 0 Å². The molecule has 0 aromatic heterocycles. The van der Waals surface area contributed by atoms with E-state index < -0.39 is 12.1 Å². The second-order valence-electron chi connectivity index (χ2n) is 3.07. The van der Waals surface area contributed by atoms with Crippen LogP contribution in [0.1, 0.15) is 25.7 Å². The van der Waals surface area contributed by atoms with Crippen LogP contribution in [0.5, 0.6) is 0 Å². The summed E-state index contributed by atoms with van der Waals surface area (Å²) in [7, 11) is 0. The number of quaternary nitrogens is 1. The van der Waals surface area contributed by atoms with Crippen LogP contribution < -0.4 is 10.4 Å². The zero-order chi connectivity index (χ0) is 11.0. The first-order valence-electron chi connectivity index (χ1n) is 4.54. The molecule has 84 valence electrons. The van der Waals surface area contributed by atoms with Crippen molar-refractivity contribution < 1.29 is 28.4 Å². The number of hydrogen-bond donors (Lipinski definition) is 1. The summed E-state index contributed by atoms with van der Waals surface area (Å²) in [6, 6.07) is 0. The molecule has 1 saturated heterocycles. The molecule has 1 fully saturated rings. The Bertz CT molecular complexity index is 151. The summed E-state index contributed by atoms with van der Waals surface area (Å²) in [5.41, 5.74) is 0. The van der Waals surface area contributed by atoms with E-state index in [1.165, 1.54) is 38.8 Å². The Morgan fingerprint density at radius 3 is 1.71 bits per heavy atom. The lowest BCUT2D eigenvalue weighted by Crippen LogP contribution is -2.83. The molecular formula is C8H14F3NO2. The van der Waals surface area contributed by atoms with Crippen molar-refractivity contribution >= 4 is 5.97 Å². The third kappa shape index (κ3) is 7.85. The molecule has 0 unspecified atom stereocenters. The standard InChI is InChI=1S/C6H13N.C2HF3O2/c1-2-4-6-7-5-3-1;3-2(4,5)1(6)7/h7H,1-6H2;(H,6,7). The molecule has 0 aliphatic carbocycles. The third-order valence-corrected chi connectivity index (χ3v) is 1.80. The average Bonchev–Trinajstić information content (AvgIpc) is 2.33. The number of nitrogens with two attached hydrogens (primary N) is 1. The van der Waals surface area contributed by atoms with E-state index >= 15 is 0 Å². The van der Waals surface area contributed by atoms with Gasteiger partial charge in [-0.2, -0.15) is 13.2 Å². The lowest BCUT2D eigenvalue weighted by Gasteiger charge is -2.03. The number of carboxylic acid groups (broad SMARTS) is 1. The molecule has 1 aliphatic rings. The van der Waals surface area contributed by atoms with Crippen LogP contribution in [0.3, 0.4) is 0 Å². The maximum Gasteiger partial charge on any atom is 0.430 e. The zero-order valence-corrected chi connectivity index (χ0v) is 7.77. The van der Waals surface area contributed by atoms with E-state index in [1.807, 2.05) is 0 Å². The molecule has 0 radical (unpaired) electrons. The normalized spacial score (nSPS) is 17.6. The largest absolute Gasteiger partial charge is 0.542 e. The van der Waals surface area contributed by atoms with Gasteiger partial charge in [-0.05, 0) is 25.7 Å². The van der Waals surface area contributed by atoms with E-state index in [9.17, 15) is 13.2 Å². The van der Waals surface area contributed by atoms with Gasteiger partial charge in [0.25, 0.3) is 0 Å². The van der Waals surface area contributed by atoms with Crippen LogP contribution in [0, 0.1) is 0 Å². The van der Waals surface area contributed by atoms with Crippen molar-refractivity contribution in [1.29, 1.82) is 0 Å². The van der Waals surface area contributed by atoms with Crippen LogP contribution in [-0.4, -0.2) is 25.2 Å². The van der Waals surface area contributed by atoms with E-state index in [-0.39, 0.29) is 0 Å². The highest BCUT2D eigenvalue weighted by Gasteiger charge is 2.28. The number of hydrogen-bond acceptors (Lipinski definition) is 2. The fourth-order valence-corrected chi connectivity index (χ4v) is 1.08. The Balaban J connectivity index is 0.000000241. The minimum Gasteiger partial charge on any atom is -0.542 e. The fourth-order valence-electron chi connectivity index (χ4n) is 1.08. The Labute approximate surface area is 80.3 Å². The number of carboxylic acids is 1. The van der Waals surface area contributed by atoms with Crippen molar-refractivity contribution in [2.75, 3.05) is 13.1 Å². The molecule has 0 aromatic carbocycles. The van der Waals surface area contributed by atoms with Crippen molar-refractivity contribution in [3.05, 3.63) is 0 Å². The molecule has 14 heavy (non-hydrogen) atoms. The summed E-state index contributed by atoms with van der Waals surface area (Å²) in [6.07, 6.45) is 0.632. The second-order valence-corrected chi connectivity index (χ2v) is 3.07. The van der Waals surface area contributed by atoms with Crippen molar-refractivity contribution in [3.63, 3.8) is 0 Å². The van der Waals surface area contributed by atoms with E-state index in [2.05, 4.69) is 5.32 Å². The molecule has 0 aromatic rings. The summed E-state index contributed by atoms with van der Waals surface area (Å²) < 4.78 is 31.5. The summed E-state index contributed by atoms with van der Waals surface area (Å²) in [6.45, 7) is 2.75. The molecule has 1 heterocycles. The summed E-state index contributed by atoms with van der Waals surface area (Å²) in [4.78, 5) is 8.78. The molecule has 3 nitrogen and oxygen atoms in total. The van der Waals surface area contributed by atoms with Gasteiger partial charge in [-0.3, -0.25) is 0 Å². The van der Waals surface area contributed by atoms with Gasteiger partial charge in [0.15, 0.2) is 0 Å². The summed E-state index contributed by atoms with van der Waals surface area (Å²) in [5.74, 6) is -3.01. The molecule has 1 aliphatic heterocycles. The highest BCUT2D eigenvalue weighted by atomic mass is 19.4. The van der Waals surface area contributed by atoms with E-state index in [4.69, 9.17) is 9.90 Å². The Morgan fingerprint density at radius 2 is 1.43 bits per heavy atom. The minimum absolute atomic E-state index is 1.38. The average molecular weight is 213 g/mol. The first-order chi connectivity index (χ1) is 6.44. The van der Waals surface area contributed by atoms with Gasteiger partial charge in [-0.15, -0.1) is 0 Å². The van der Waals surface area contributed by atoms with Gasteiger partial charge >= 0.3 is 6.18 Å². The predicted octanol–water partition coefficient (Wildman–Crippen LogP) is -0.578. The quantitative estimate of drug-likeness (QED) is 0.585. The number of rotatable bonds is 0. The van der Waals surface area contributed by atoms with Gasteiger partial charge in [-0.25, -0.2) is 0 Å². The van der Waals surface area contributed by atoms with Gasteiger partial charge in [0.2, 0.25) is 0 Å². The predicted molar refractivity (Wildman–Crippen MR) is 41.2 cm³/mol. The van der Waals surface area contributed by atoms with E-state index in [1.54, 1.807) is 0 Å². The topological polar surface area (TPSA) is 56.7 Å². The van der Waals surface area contributed by atoms with Crippen LogP contribution in [0.25, 0.3) is 0 Å². The maximum absolute atomic E-state index is 10.5. The number of aliphatic carboxylic acids is 1. The van der Waals surface area contributed by atoms with Crippen molar-refractivity contribution in [1.82, 2.24) is 0 Å². The zero-order valence-electron chi connectivity index (χ0n) is 7.77.